The molecule has 0 spiro atoms. The van der Waals surface area contributed by atoms with E-state index in [4.69, 9.17) is 4.74 Å². The number of amides is 2. The van der Waals surface area contributed by atoms with Crippen molar-refractivity contribution in [2.24, 2.45) is 0 Å². The van der Waals surface area contributed by atoms with Gasteiger partial charge in [0.2, 0.25) is 11.8 Å². The highest BCUT2D eigenvalue weighted by Crippen LogP contribution is 2.34. The molecule has 0 bridgehead atoms. The summed E-state index contributed by atoms with van der Waals surface area (Å²) in [6.45, 7) is -0.472. The second-order valence-electron chi connectivity index (χ2n) is 6.22. The molecule has 0 aliphatic heterocycles. The Morgan fingerprint density at radius 3 is 2.34 bits per heavy atom. The van der Waals surface area contributed by atoms with Crippen molar-refractivity contribution in [3.8, 4) is 22.6 Å². The van der Waals surface area contributed by atoms with Crippen molar-refractivity contribution in [3.05, 3.63) is 42.5 Å². The zero-order valence-electron chi connectivity index (χ0n) is 16.3. The summed E-state index contributed by atoms with van der Waals surface area (Å²) in [5, 5.41) is 5.38. The maximum atomic E-state index is 12.8. The maximum absolute atomic E-state index is 12.8. The largest absolute Gasteiger partial charge is 0.497 e. The number of carbonyl (C=O) groups excluding carboxylic acids is 2. The topological polar surface area (TPSA) is 76.7 Å². The number of methoxy groups -OCH3 is 1. The third-order valence-electron chi connectivity index (χ3n) is 4.03. The molecule has 0 aliphatic carbocycles. The lowest BCUT2D eigenvalue weighted by atomic mass is 10.0. The van der Waals surface area contributed by atoms with Gasteiger partial charge in [-0.1, -0.05) is 19.1 Å². The molecule has 2 rings (SSSR count). The van der Waals surface area contributed by atoms with Gasteiger partial charge in [0.15, 0.2) is 0 Å². The first-order chi connectivity index (χ1) is 13.9. The number of anilines is 1. The van der Waals surface area contributed by atoms with Crippen LogP contribution in [0.2, 0.25) is 0 Å². The molecule has 0 fully saturated rings. The normalized spacial score (nSPS) is 10.5. The summed E-state index contributed by atoms with van der Waals surface area (Å²) < 4.78 is 35.2. The van der Waals surface area contributed by atoms with Gasteiger partial charge in [-0.25, -0.2) is 0 Å². The van der Waals surface area contributed by atoms with Crippen LogP contribution in [0.25, 0.3) is 11.1 Å². The number of alkyl halides is 2. The van der Waals surface area contributed by atoms with E-state index < -0.39 is 6.61 Å². The Morgan fingerprint density at radius 1 is 1.03 bits per heavy atom. The van der Waals surface area contributed by atoms with Crippen LogP contribution >= 0.6 is 0 Å². The molecule has 0 saturated carbocycles. The summed E-state index contributed by atoms with van der Waals surface area (Å²) in [5.74, 6) is 0.0689. The Balaban J connectivity index is 2.14. The summed E-state index contributed by atoms with van der Waals surface area (Å²) in [6.07, 6.45) is 0.908. The van der Waals surface area contributed by atoms with E-state index in [0.717, 1.165) is 6.42 Å². The Kier molecular flexibility index (Phi) is 8.39. The van der Waals surface area contributed by atoms with Crippen molar-refractivity contribution in [2.75, 3.05) is 19.0 Å². The van der Waals surface area contributed by atoms with Crippen LogP contribution in [0.3, 0.4) is 0 Å². The summed E-state index contributed by atoms with van der Waals surface area (Å²) in [7, 11) is 1.53. The third kappa shape index (κ3) is 7.06. The summed E-state index contributed by atoms with van der Waals surface area (Å²) in [5.41, 5.74) is 1.43. The molecule has 0 heterocycles. The minimum absolute atomic E-state index is 0.0119. The van der Waals surface area contributed by atoms with Crippen molar-refractivity contribution < 1.29 is 27.8 Å². The Morgan fingerprint density at radius 2 is 1.72 bits per heavy atom. The number of rotatable bonds is 10. The fourth-order valence-electron chi connectivity index (χ4n) is 2.61. The highest BCUT2D eigenvalue weighted by Gasteiger charge is 2.14. The van der Waals surface area contributed by atoms with E-state index in [0.29, 0.717) is 29.1 Å². The van der Waals surface area contributed by atoms with Crippen molar-refractivity contribution in [1.29, 1.82) is 0 Å². The second-order valence-corrected chi connectivity index (χ2v) is 6.22. The monoisotopic (exact) mass is 406 g/mol. The van der Waals surface area contributed by atoms with E-state index in [1.807, 2.05) is 6.92 Å². The molecule has 8 heteroatoms. The fraction of sp³-hybridized carbons (Fsp3) is 0.333. The highest BCUT2D eigenvalue weighted by atomic mass is 19.3. The van der Waals surface area contributed by atoms with Gasteiger partial charge in [0.25, 0.3) is 0 Å². The Hall–Kier alpha value is -3.16. The summed E-state index contributed by atoms with van der Waals surface area (Å²) >= 11 is 0. The minimum atomic E-state index is -2.98. The Labute approximate surface area is 168 Å². The molecular weight excluding hydrogens is 382 g/mol. The van der Waals surface area contributed by atoms with E-state index in [9.17, 15) is 18.4 Å². The van der Waals surface area contributed by atoms with E-state index in [-0.39, 0.29) is 30.4 Å². The van der Waals surface area contributed by atoms with Crippen LogP contribution in [0.1, 0.15) is 26.2 Å². The third-order valence-corrected chi connectivity index (χ3v) is 4.03. The van der Waals surface area contributed by atoms with Gasteiger partial charge in [-0.05, 0) is 42.3 Å². The number of carbonyl (C=O) groups is 2. The Bertz CT molecular complexity index is 826. The van der Waals surface area contributed by atoms with Gasteiger partial charge in [0.05, 0.1) is 7.11 Å². The SMILES string of the molecule is CCCNC(=O)CCC(=O)Nc1ccc(OC(F)F)c(-c2ccc(OC)cc2)c1. The maximum Gasteiger partial charge on any atom is 0.387 e. The lowest BCUT2D eigenvalue weighted by molar-refractivity contribution is -0.124. The van der Waals surface area contributed by atoms with Gasteiger partial charge in [-0.3, -0.25) is 9.59 Å². The number of nitrogens with one attached hydrogen (secondary N) is 2. The van der Waals surface area contributed by atoms with Crippen molar-refractivity contribution in [3.63, 3.8) is 0 Å². The predicted octanol–water partition coefficient (Wildman–Crippen LogP) is 4.21. The van der Waals surface area contributed by atoms with Gasteiger partial charge in [0, 0.05) is 30.6 Å². The molecular formula is C21H24F2N2O4. The quantitative estimate of drug-likeness (QED) is 0.620. The van der Waals surface area contributed by atoms with Crippen LogP contribution in [0.15, 0.2) is 42.5 Å². The van der Waals surface area contributed by atoms with Crippen LogP contribution < -0.4 is 20.1 Å². The van der Waals surface area contributed by atoms with Gasteiger partial charge >= 0.3 is 6.61 Å². The number of hydrogen-bond acceptors (Lipinski definition) is 4. The highest BCUT2D eigenvalue weighted by molar-refractivity contribution is 5.94. The molecule has 0 aromatic heterocycles. The molecule has 2 aromatic carbocycles. The molecule has 6 nitrogen and oxygen atoms in total. The minimum Gasteiger partial charge on any atom is -0.497 e. The zero-order valence-corrected chi connectivity index (χ0v) is 16.3. The predicted molar refractivity (Wildman–Crippen MR) is 106 cm³/mol. The van der Waals surface area contributed by atoms with Gasteiger partial charge in [-0.15, -0.1) is 0 Å². The molecule has 2 amide bonds. The first-order valence-corrected chi connectivity index (χ1v) is 9.22. The smallest absolute Gasteiger partial charge is 0.387 e. The average Bonchev–Trinajstić information content (AvgIpc) is 2.71. The van der Waals surface area contributed by atoms with Crippen LogP contribution in [-0.2, 0) is 9.59 Å². The molecule has 0 atom stereocenters. The molecule has 2 aromatic rings. The number of benzene rings is 2. The molecule has 0 aliphatic rings. The molecule has 29 heavy (non-hydrogen) atoms. The molecule has 156 valence electrons. The van der Waals surface area contributed by atoms with Crippen LogP contribution in [0.4, 0.5) is 14.5 Å². The first-order valence-electron chi connectivity index (χ1n) is 9.22. The zero-order chi connectivity index (χ0) is 21.2. The van der Waals surface area contributed by atoms with Crippen LogP contribution in [0, 0.1) is 0 Å². The summed E-state index contributed by atoms with van der Waals surface area (Å²) in [6, 6.07) is 11.2. The van der Waals surface area contributed by atoms with Crippen LogP contribution in [-0.4, -0.2) is 32.1 Å². The van der Waals surface area contributed by atoms with Crippen molar-refractivity contribution in [1.82, 2.24) is 5.32 Å². The van der Waals surface area contributed by atoms with Crippen LogP contribution in [0.5, 0.6) is 11.5 Å². The van der Waals surface area contributed by atoms with Gasteiger partial charge in [-0.2, -0.15) is 8.78 Å². The summed E-state index contributed by atoms with van der Waals surface area (Å²) in [4.78, 5) is 23.7. The number of hydrogen-bond donors (Lipinski definition) is 2. The van der Waals surface area contributed by atoms with Gasteiger partial charge < -0.3 is 20.1 Å². The first kappa shape index (κ1) is 22.1. The molecule has 0 unspecified atom stereocenters. The van der Waals surface area contributed by atoms with E-state index in [1.54, 1.807) is 30.3 Å². The van der Waals surface area contributed by atoms with Gasteiger partial charge in [0.1, 0.15) is 11.5 Å². The van der Waals surface area contributed by atoms with E-state index in [1.165, 1.54) is 19.2 Å². The fourth-order valence-corrected chi connectivity index (χ4v) is 2.61. The lowest BCUT2D eigenvalue weighted by Crippen LogP contribution is -2.25. The van der Waals surface area contributed by atoms with E-state index >= 15 is 0 Å². The van der Waals surface area contributed by atoms with Crippen molar-refractivity contribution in [2.45, 2.75) is 32.8 Å². The lowest BCUT2D eigenvalue weighted by Gasteiger charge is -2.14. The standard InChI is InChI=1S/C21H24F2N2O4/c1-3-12-24-19(26)10-11-20(27)25-15-6-9-18(29-21(22)23)17(13-15)14-4-7-16(28-2)8-5-14/h4-9,13,21H,3,10-12H2,1-2H3,(H,24,26)(H,25,27). The number of ether oxygens (including phenoxy) is 2. The second kappa shape index (κ2) is 11.0. The number of halogens is 2. The molecule has 0 radical (unpaired) electrons. The molecule has 0 saturated heterocycles. The van der Waals surface area contributed by atoms with Crippen molar-refractivity contribution >= 4 is 17.5 Å². The average molecular weight is 406 g/mol. The van der Waals surface area contributed by atoms with E-state index in [2.05, 4.69) is 15.4 Å². The molecule has 2 N–H and O–H groups in total.